The Morgan fingerprint density at radius 3 is 2.62 bits per heavy atom. The molecule has 0 radical (unpaired) electrons. The van der Waals surface area contributed by atoms with Crippen LogP contribution < -0.4 is 10.2 Å². The number of fused-ring (bicyclic) bond motifs is 1. The predicted octanol–water partition coefficient (Wildman–Crippen LogP) is 5.71. The normalized spacial score (nSPS) is 22.3. The number of hydrogen-bond donors (Lipinski definition) is 1. The van der Waals surface area contributed by atoms with Gasteiger partial charge in [0.05, 0.1) is 18.2 Å². The van der Waals surface area contributed by atoms with Crippen LogP contribution in [0.25, 0.3) is 0 Å². The van der Waals surface area contributed by atoms with Crippen LogP contribution in [-0.2, 0) is 26.3 Å². The summed E-state index contributed by atoms with van der Waals surface area (Å²) >= 11 is 0. The molecular weight excluding hydrogens is 517 g/mol. The molecule has 0 bridgehead atoms. The summed E-state index contributed by atoms with van der Waals surface area (Å²) in [5.74, 6) is 0.353. The number of nitriles is 1. The monoisotopic (exact) mass is 548 g/mol. The van der Waals surface area contributed by atoms with Gasteiger partial charge in [0.25, 0.3) is 5.91 Å². The maximum absolute atomic E-state index is 14.2. The highest BCUT2D eigenvalue weighted by Gasteiger charge is 2.42. The van der Waals surface area contributed by atoms with Gasteiger partial charge in [0.2, 0.25) is 0 Å². The number of anilines is 1. The van der Waals surface area contributed by atoms with E-state index in [1.165, 1.54) is 11.0 Å². The second kappa shape index (κ2) is 9.73. The lowest BCUT2D eigenvalue weighted by Gasteiger charge is -2.39. The predicted molar refractivity (Wildman–Crippen MR) is 142 cm³/mol. The van der Waals surface area contributed by atoms with E-state index in [9.17, 15) is 23.2 Å². The van der Waals surface area contributed by atoms with Crippen LogP contribution in [0.5, 0.6) is 0 Å². The number of nitrogens with zero attached hydrogens (tertiary/aromatic N) is 5. The van der Waals surface area contributed by atoms with Crippen molar-refractivity contribution in [1.82, 2.24) is 20.1 Å². The quantitative estimate of drug-likeness (QED) is 0.409. The molecule has 0 unspecified atom stereocenters. The Hall–Kier alpha value is -3.71. The molecule has 1 atom stereocenters. The molecule has 208 valence electrons. The Bertz CT molecular complexity index is 1500. The van der Waals surface area contributed by atoms with E-state index < -0.39 is 17.6 Å². The van der Waals surface area contributed by atoms with Gasteiger partial charge in [-0.25, -0.2) is 0 Å². The number of hydrogen-bond acceptors (Lipinski definition) is 5. The van der Waals surface area contributed by atoms with Crippen molar-refractivity contribution < 1.29 is 18.0 Å². The number of benzene rings is 2. The molecule has 1 amide bonds. The number of carbonyl (C=O) groups excluding carboxylic acids is 1. The van der Waals surface area contributed by atoms with Gasteiger partial charge >= 0.3 is 6.18 Å². The average Bonchev–Trinajstić information content (AvgIpc) is 3.45. The molecule has 3 aromatic rings. The summed E-state index contributed by atoms with van der Waals surface area (Å²) in [4.78, 5) is 15.1. The summed E-state index contributed by atoms with van der Waals surface area (Å²) in [6, 6.07) is 12.5. The summed E-state index contributed by atoms with van der Waals surface area (Å²) in [6.07, 6.45) is 1.60. The van der Waals surface area contributed by atoms with E-state index in [1.807, 2.05) is 29.8 Å². The number of alkyl halides is 3. The van der Waals surface area contributed by atoms with E-state index in [0.29, 0.717) is 11.3 Å². The average molecular weight is 549 g/mol. The molecule has 2 heterocycles. The first kappa shape index (κ1) is 26.5. The van der Waals surface area contributed by atoms with Crippen molar-refractivity contribution in [2.24, 2.45) is 18.9 Å². The van der Waals surface area contributed by atoms with Gasteiger partial charge < -0.3 is 14.8 Å². The molecule has 6 rings (SSSR count). The van der Waals surface area contributed by atoms with Gasteiger partial charge in [-0.1, -0.05) is 12.1 Å². The summed E-state index contributed by atoms with van der Waals surface area (Å²) in [7, 11) is 1.86. The second-order valence-electron chi connectivity index (χ2n) is 11.8. The minimum Gasteiger partial charge on any atom is -0.320 e. The van der Waals surface area contributed by atoms with Gasteiger partial charge in [0, 0.05) is 42.2 Å². The van der Waals surface area contributed by atoms with Gasteiger partial charge in [-0.2, -0.15) is 18.4 Å². The third-order valence-corrected chi connectivity index (χ3v) is 8.98. The third kappa shape index (κ3) is 4.66. The van der Waals surface area contributed by atoms with E-state index in [4.69, 9.17) is 0 Å². The van der Waals surface area contributed by atoms with Crippen LogP contribution in [-0.4, -0.2) is 26.2 Å². The minimum absolute atomic E-state index is 0.00470. The second-order valence-corrected chi connectivity index (χ2v) is 11.8. The molecule has 1 aliphatic heterocycles. The molecule has 3 aliphatic rings. The highest BCUT2D eigenvalue weighted by Crippen LogP contribution is 2.47. The van der Waals surface area contributed by atoms with Crippen molar-refractivity contribution in [2.75, 3.05) is 4.90 Å². The molecule has 40 heavy (non-hydrogen) atoms. The van der Waals surface area contributed by atoms with E-state index in [0.717, 1.165) is 43.5 Å². The molecule has 1 N–H and O–H groups in total. The van der Waals surface area contributed by atoms with Gasteiger partial charge in [-0.15, -0.1) is 10.2 Å². The fraction of sp³-hybridized carbons (Fsp3) is 0.467. The van der Waals surface area contributed by atoms with Crippen molar-refractivity contribution in [3.05, 3.63) is 76.4 Å². The number of halogens is 3. The molecular formula is C30H31F3N6O. The first-order valence-electron chi connectivity index (χ1n) is 13.7. The smallest absolute Gasteiger partial charge is 0.320 e. The number of rotatable bonds is 7. The number of amides is 1. The summed E-state index contributed by atoms with van der Waals surface area (Å²) in [5.41, 5.74) is 1.20. The zero-order valence-corrected chi connectivity index (χ0v) is 22.5. The molecule has 0 spiro atoms. The van der Waals surface area contributed by atoms with Crippen molar-refractivity contribution in [3.8, 4) is 6.07 Å². The van der Waals surface area contributed by atoms with Crippen LogP contribution in [0.4, 0.5) is 18.9 Å². The first-order chi connectivity index (χ1) is 19.1. The van der Waals surface area contributed by atoms with Crippen molar-refractivity contribution in [1.29, 1.82) is 5.26 Å². The van der Waals surface area contributed by atoms with Crippen LogP contribution in [0, 0.1) is 23.2 Å². The molecule has 2 aromatic carbocycles. The zero-order valence-electron chi connectivity index (χ0n) is 22.5. The van der Waals surface area contributed by atoms with Crippen LogP contribution in [0.1, 0.15) is 83.4 Å². The minimum atomic E-state index is -4.57. The molecule has 7 nitrogen and oxygen atoms in total. The first-order valence-corrected chi connectivity index (χ1v) is 13.7. The van der Waals surface area contributed by atoms with E-state index >= 15 is 0 Å². The van der Waals surface area contributed by atoms with Crippen molar-refractivity contribution in [3.63, 3.8) is 0 Å². The van der Waals surface area contributed by atoms with Gasteiger partial charge in [0.15, 0.2) is 0 Å². The Morgan fingerprint density at radius 1 is 1.23 bits per heavy atom. The van der Waals surface area contributed by atoms with Gasteiger partial charge in [-0.3, -0.25) is 4.79 Å². The number of carbonyl (C=O) groups is 1. The number of nitrogens with one attached hydrogen (secondary N) is 1. The topological polar surface area (TPSA) is 86.8 Å². The van der Waals surface area contributed by atoms with Gasteiger partial charge in [0.1, 0.15) is 12.2 Å². The third-order valence-electron chi connectivity index (χ3n) is 8.98. The Labute approximate surface area is 231 Å². The summed E-state index contributed by atoms with van der Waals surface area (Å²) in [6.45, 7) is 2.21. The maximum Gasteiger partial charge on any atom is 0.416 e. The molecule has 2 fully saturated rings. The van der Waals surface area contributed by atoms with Crippen LogP contribution in [0.15, 0.2) is 42.7 Å². The van der Waals surface area contributed by atoms with E-state index in [-0.39, 0.29) is 47.5 Å². The SMILES string of the molecule is Cn1cnnc1[C@H](c1cccc(N2Cc3c(cc(CNC4(C)CCC4)cc3C(F)(F)F)C2=O)c1)[C@H]1C[C@H](C#N)C1. The molecule has 2 saturated carbocycles. The Morgan fingerprint density at radius 2 is 2.00 bits per heavy atom. The lowest BCUT2D eigenvalue weighted by atomic mass is 9.67. The molecule has 2 aliphatic carbocycles. The van der Waals surface area contributed by atoms with Crippen LogP contribution in [0.3, 0.4) is 0 Å². The van der Waals surface area contributed by atoms with Crippen molar-refractivity contribution in [2.45, 2.75) is 69.8 Å². The lowest BCUT2D eigenvalue weighted by Crippen LogP contribution is -2.47. The van der Waals surface area contributed by atoms with Crippen molar-refractivity contribution >= 4 is 11.6 Å². The molecule has 10 heteroatoms. The fourth-order valence-electron chi connectivity index (χ4n) is 6.36. The highest BCUT2D eigenvalue weighted by molar-refractivity contribution is 6.10. The fourth-order valence-corrected chi connectivity index (χ4v) is 6.36. The van der Waals surface area contributed by atoms with E-state index in [2.05, 4.69) is 28.5 Å². The number of aromatic nitrogens is 3. The molecule has 1 aromatic heterocycles. The van der Waals surface area contributed by atoms with E-state index in [1.54, 1.807) is 18.5 Å². The summed E-state index contributed by atoms with van der Waals surface area (Å²) in [5, 5.41) is 21.1. The highest BCUT2D eigenvalue weighted by atomic mass is 19.4. The number of aryl methyl sites for hydroxylation is 1. The Balaban J connectivity index is 1.32. The standard InChI is InChI=1S/C30H31F3N6O/c1-29(7-4-8-29)35-15-19-11-23-24(25(12-19)30(31,32)33)16-39(28(23)40)22-6-3-5-20(13-22)26(21-9-18(10-21)14-34)27-37-36-17-38(27)2/h3,5-6,11-13,17-18,21,26,35H,4,7-10,15-16H2,1-2H3/t18-,21-,26-/m1/s1. The molecule has 0 saturated heterocycles. The maximum atomic E-state index is 14.2. The van der Waals surface area contributed by atoms with Crippen LogP contribution >= 0.6 is 0 Å². The lowest BCUT2D eigenvalue weighted by molar-refractivity contribution is -0.138. The largest absolute Gasteiger partial charge is 0.416 e. The van der Waals surface area contributed by atoms with Crippen LogP contribution in [0.2, 0.25) is 0 Å². The summed E-state index contributed by atoms with van der Waals surface area (Å²) < 4.78 is 44.5. The zero-order chi connectivity index (χ0) is 28.2. The van der Waals surface area contributed by atoms with Gasteiger partial charge in [-0.05, 0) is 85.9 Å². The Kier molecular flexibility index (Phi) is 6.45.